The number of carbonyl (C=O) groups excluding carboxylic acids is 1. The normalized spacial score (nSPS) is 17.2. The number of ether oxygens (including phenoxy) is 1. The molecule has 1 aromatic rings. The van der Waals surface area contributed by atoms with Crippen LogP contribution in [0.5, 0.6) is 0 Å². The van der Waals surface area contributed by atoms with Crippen LogP contribution in [0.4, 0.5) is 4.79 Å². The van der Waals surface area contributed by atoms with E-state index in [1.807, 2.05) is 37.8 Å². The molecule has 1 fully saturated rings. The number of nitrogens with zero attached hydrogens (tertiary/aromatic N) is 3. The van der Waals surface area contributed by atoms with Crippen LogP contribution in [0.25, 0.3) is 0 Å². The van der Waals surface area contributed by atoms with Gasteiger partial charge in [0, 0.05) is 37.2 Å². The molecule has 2 rings (SSSR count). The minimum atomic E-state index is -0.452. The first-order chi connectivity index (χ1) is 12.7. The van der Waals surface area contributed by atoms with E-state index in [-0.39, 0.29) is 6.09 Å². The molecule has 27 heavy (non-hydrogen) atoms. The zero-order valence-corrected chi connectivity index (χ0v) is 18.1. The fourth-order valence-electron chi connectivity index (χ4n) is 3.39. The van der Waals surface area contributed by atoms with Crippen molar-refractivity contribution in [1.29, 1.82) is 0 Å². The number of rotatable bonds is 6. The predicted octanol–water partition coefficient (Wildman–Crippen LogP) is 4.28. The van der Waals surface area contributed by atoms with Gasteiger partial charge in [-0.2, -0.15) is 0 Å². The molecule has 1 aliphatic heterocycles. The van der Waals surface area contributed by atoms with Gasteiger partial charge in [-0.1, -0.05) is 23.7 Å². The van der Waals surface area contributed by atoms with E-state index >= 15 is 0 Å². The van der Waals surface area contributed by atoms with Gasteiger partial charge in [0.25, 0.3) is 0 Å². The maximum Gasteiger partial charge on any atom is 0.410 e. The summed E-state index contributed by atoms with van der Waals surface area (Å²) in [5, 5.41) is 0.764. The Bertz CT molecular complexity index is 590. The van der Waals surface area contributed by atoms with Crippen LogP contribution in [0.2, 0.25) is 5.02 Å². The standard InChI is InChI=1S/C21H34ClN3O2/c1-21(2,3)27-20(26)25-15-13-24(14-16-25)19(7-6-12-23(4)5)17-8-10-18(22)11-9-17/h8-11,19H,6-7,12-16H2,1-5H3. The molecule has 1 amide bonds. The number of benzene rings is 1. The third-order valence-corrected chi connectivity index (χ3v) is 5.00. The van der Waals surface area contributed by atoms with Crippen LogP contribution < -0.4 is 0 Å². The third kappa shape index (κ3) is 7.32. The molecule has 152 valence electrons. The van der Waals surface area contributed by atoms with Gasteiger partial charge >= 0.3 is 6.09 Å². The van der Waals surface area contributed by atoms with Crippen LogP contribution in [0.3, 0.4) is 0 Å². The maximum absolute atomic E-state index is 12.3. The summed E-state index contributed by atoms with van der Waals surface area (Å²) < 4.78 is 5.51. The van der Waals surface area contributed by atoms with Crippen LogP contribution in [-0.4, -0.2) is 73.2 Å². The van der Waals surface area contributed by atoms with Gasteiger partial charge in [-0.15, -0.1) is 0 Å². The average Bonchev–Trinajstić information content (AvgIpc) is 2.58. The molecule has 0 spiro atoms. The summed E-state index contributed by atoms with van der Waals surface area (Å²) in [7, 11) is 4.22. The Morgan fingerprint density at radius 2 is 1.74 bits per heavy atom. The molecule has 0 bridgehead atoms. The van der Waals surface area contributed by atoms with Crippen molar-refractivity contribution < 1.29 is 9.53 Å². The van der Waals surface area contributed by atoms with Crippen LogP contribution in [0.1, 0.15) is 45.2 Å². The molecule has 0 N–H and O–H groups in total. The van der Waals surface area contributed by atoms with Gasteiger partial charge in [0.1, 0.15) is 5.60 Å². The molecular weight excluding hydrogens is 362 g/mol. The number of piperazine rings is 1. The average molecular weight is 396 g/mol. The number of hydrogen-bond donors (Lipinski definition) is 0. The summed E-state index contributed by atoms with van der Waals surface area (Å²) in [6.45, 7) is 9.90. The first-order valence-corrected chi connectivity index (χ1v) is 10.2. The molecule has 1 unspecified atom stereocenters. The Labute approximate surface area is 169 Å². The minimum absolute atomic E-state index is 0.210. The van der Waals surface area contributed by atoms with E-state index in [2.05, 4.69) is 36.0 Å². The van der Waals surface area contributed by atoms with Crippen molar-refractivity contribution in [3.8, 4) is 0 Å². The second-order valence-electron chi connectivity index (χ2n) is 8.52. The summed E-state index contributed by atoms with van der Waals surface area (Å²) in [6.07, 6.45) is 2.01. The highest BCUT2D eigenvalue weighted by Gasteiger charge is 2.29. The van der Waals surface area contributed by atoms with Gasteiger partial charge in [-0.25, -0.2) is 4.79 Å². The zero-order chi connectivity index (χ0) is 20.0. The smallest absolute Gasteiger partial charge is 0.410 e. The molecule has 5 nitrogen and oxygen atoms in total. The van der Waals surface area contributed by atoms with Gasteiger partial charge in [0.15, 0.2) is 0 Å². The Hall–Kier alpha value is -1.30. The molecule has 1 saturated heterocycles. The number of halogens is 1. The quantitative estimate of drug-likeness (QED) is 0.720. The fourth-order valence-corrected chi connectivity index (χ4v) is 3.51. The van der Waals surface area contributed by atoms with Crippen LogP contribution in [0.15, 0.2) is 24.3 Å². The highest BCUT2D eigenvalue weighted by Crippen LogP contribution is 2.28. The van der Waals surface area contributed by atoms with Crippen molar-refractivity contribution in [1.82, 2.24) is 14.7 Å². The van der Waals surface area contributed by atoms with Gasteiger partial charge in [0.2, 0.25) is 0 Å². The summed E-state index contributed by atoms with van der Waals surface area (Å²) in [4.78, 5) is 18.8. The lowest BCUT2D eigenvalue weighted by atomic mass is 9.99. The van der Waals surface area contributed by atoms with Crippen LogP contribution in [0, 0.1) is 0 Å². The molecule has 1 heterocycles. The van der Waals surface area contributed by atoms with Crippen molar-refractivity contribution in [3.05, 3.63) is 34.9 Å². The molecule has 0 aliphatic carbocycles. The van der Waals surface area contributed by atoms with Crippen LogP contribution in [-0.2, 0) is 4.74 Å². The second-order valence-corrected chi connectivity index (χ2v) is 8.95. The molecule has 0 aromatic heterocycles. The van der Waals surface area contributed by atoms with E-state index in [1.54, 1.807) is 0 Å². The lowest BCUT2D eigenvalue weighted by Gasteiger charge is -2.40. The highest BCUT2D eigenvalue weighted by atomic mass is 35.5. The Balaban J connectivity index is 2.00. The molecule has 0 saturated carbocycles. The van der Waals surface area contributed by atoms with Crippen LogP contribution >= 0.6 is 11.6 Å². The summed E-state index contributed by atoms with van der Waals surface area (Å²) in [6, 6.07) is 8.54. The number of carbonyl (C=O) groups is 1. The van der Waals surface area contributed by atoms with Crippen molar-refractivity contribution in [2.75, 3.05) is 46.8 Å². The van der Waals surface area contributed by atoms with Crippen molar-refractivity contribution in [2.45, 2.75) is 45.3 Å². The third-order valence-electron chi connectivity index (χ3n) is 4.74. The van der Waals surface area contributed by atoms with Crippen molar-refractivity contribution >= 4 is 17.7 Å². The highest BCUT2D eigenvalue weighted by molar-refractivity contribution is 6.30. The minimum Gasteiger partial charge on any atom is -0.444 e. The molecule has 6 heteroatoms. The van der Waals surface area contributed by atoms with E-state index in [1.165, 1.54) is 5.56 Å². The summed E-state index contributed by atoms with van der Waals surface area (Å²) in [5.41, 5.74) is 0.843. The first kappa shape index (κ1) is 22.0. The molecule has 1 atom stereocenters. The van der Waals surface area contributed by atoms with E-state index in [4.69, 9.17) is 16.3 Å². The van der Waals surface area contributed by atoms with E-state index in [9.17, 15) is 4.79 Å². The van der Waals surface area contributed by atoms with E-state index in [0.29, 0.717) is 19.1 Å². The van der Waals surface area contributed by atoms with Crippen molar-refractivity contribution in [3.63, 3.8) is 0 Å². The maximum atomic E-state index is 12.3. The first-order valence-electron chi connectivity index (χ1n) is 9.78. The Morgan fingerprint density at radius 3 is 2.26 bits per heavy atom. The monoisotopic (exact) mass is 395 g/mol. The summed E-state index contributed by atoms with van der Waals surface area (Å²) >= 11 is 6.08. The lowest BCUT2D eigenvalue weighted by Crippen LogP contribution is -2.50. The predicted molar refractivity (Wildman–Crippen MR) is 111 cm³/mol. The van der Waals surface area contributed by atoms with E-state index in [0.717, 1.165) is 37.5 Å². The summed E-state index contributed by atoms with van der Waals surface area (Å²) in [5.74, 6) is 0. The van der Waals surface area contributed by atoms with E-state index < -0.39 is 5.60 Å². The largest absolute Gasteiger partial charge is 0.444 e. The molecule has 0 radical (unpaired) electrons. The zero-order valence-electron chi connectivity index (χ0n) is 17.4. The molecule has 1 aliphatic rings. The second kappa shape index (κ2) is 9.76. The van der Waals surface area contributed by atoms with Gasteiger partial charge in [-0.05, 0) is 71.9 Å². The van der Waals surface area contributed by atoms with Crippen molar-refractivity contribution in [2.24, 2.45) is 0 Å². The Morgan fingerprint density at radius 1 is 1.15 bits per heavy atom. The topological polar surface area (TPSA) is 36.0 Å². The van der Waals surface area contributed by atoms with Gasteiger partial charge in [-0.3, -0.25) is 4.90 Å². The SMILES string of the molecule is CN(C)CCCC(c1ccc(Cl)cc1)N1CCN(C(=O)OC(C)(C)C)CC1. The number of amides is 1. The number of hydrogen-bond acceptors (Lipinski definition) is 4. The fraction of sp³-hybridized carbons (Fsp3) is 0.667. The molecular formula is C21H34ClN3O2. The van der Waals surface area contributed by atoms with Gasteiger partial charge < -0.3 is 14.5 Å². The lowest BCUT2D eigenvalue weighted by molar-refractivity contribution is 0.00954. The van der Waals surface area contributed by atoms with Gasteiger partial charge in [0.05, 0.1) is 0 Å². The molecule has 1 aromatic carbocycles. The Kier molecular flexibility index (Phi) is 7.95.